The third-order valence-electron chi connectivity index (χ3n) is 4.38. The van der Waals surface area contributed by atoms with E-state index < -0.39 is 0 Å². The van der Waals surface area contributed by atoms with Gasteiger partial charge in [-0.25, -0.2) is 9.18 Å². The number of halogens is 1. The van der Waals surface area contributed by atoms with Crippen LogP contribution in [0, 0.1) is 5.82 Å². The average Bonchev–Trinajstić information content (AvgIpc) is 3.05. The molecule has 1 aliphatic rings. The van der Waals surface area contributed by atoms with Crippen molar-refractivity contribution < 1.29 is 9.18 Å². The zero-order valence-electron chi connectivity index (χ0n) is 13.9. The van der Waals surface area contributed by atoms with Crippen LogP contribution in [0.4, 0.5) is 14.9 Å². The summed E-state index contributed by atoms with van der Waals surface area (Å²) in [5.74, 6) is 0.947. The number of carbonyl (C=O) groups excluding carboxylic acids is 1. The summed E-state index contributed by atoms with van der Waals surface area (Å²) < 4.78 is 15.3. The van der Waals surface area contributed by atoms with Crippen molar-refractivity contribution in [1.82, 2.24) is 19.7 Å². The van der Waals surface area contributed by atoms with Crippen molar-refractivity contribution in [1.29, 1.82) is 0 Å². The predicted molar refractivity (Wildman–Crippen MR) is 89.4 cm³/mol. The zero-order chi connectivity index (χ0) is 17.1. The van der Waals surface area contributed by atoms with Crippen LogP contribution in [0.15, 0.2) is 30.6 Å². The Kier molecular flexibility index (Phi) is 4.78. The Hall–Kier alpha value is -2.44. The first kappa shape index (κ1) is 16.4. The fourth-order valence-corrected chi connectivity index (χ4v) is 3.05. The standard InChI is InChI=1S/C17H22FN5O/c1-12(2)23-11-19-21-16(23)13-6-8-22(9-7-13)17(24)20-15-5-3-4-14(18)10-15/h3-5,10-13H,6-9H2,1-2H3,(H,20,24). The fraction of sp³-hybridized carbons (Fsp3) is 0.471. The third kappa shape index (κ3) is 3.55. The zero-order valence-corrected chi connectivity index (χ0v) is 13.9. The predicted octanol–water partition coefficient (Wildman–Crippen LogP) is 3.41. The van der Waals surface area contributed by atoms with Crippen LogP contribution in [0.2, 0.25) is 0 Å². The molecule has 2 aromatic rings. The lowest BCUT2D eigenvalue weighted by atomic mass is 9.96. The SMILES string of the molecule is CC(C)n1cnnc1C1CCN(C(=O)Nc2cccc(F)c2)CC1. The third-order valence-corrected chi connectivity index (χ3v) is 4.38. The van der Waals surface area contributed by atoms with Crippen LogP contribution in [0.3, 0.4) is 0 Å². The molecule has 1 N–H and O–H groups in total. The van der Waals surface area contributed by atoms with Gasteiger partial charge in [0.05, 0.1) is 0 Å². The fourth-order valence-electron chi connectivity index (χ4n) is 3.05. The van der Waals surface area contributed by atoms with E-state index >= 15 is 0 Å². The van der Waals surface area contributed by atoms with Crippen LogP contribution >= 0.6 is 0 Å². The highest BCUT2D eigenvalue weighted by molar-refractivity contribution is 5.89. The molecular formula is C17H22FN5O. The van der Waals surface area contributed by atoms with Gasteiger partial charge >= 0.3 is 6.03 Å². The van der Waals surface area contributed by atoms with E-state index in [-0.39, 0.29) is 11.8 Å². The number of aromatic nitrogens is 3. The van der Waals surface area contributed by atoms with Gasteiger partial charge in [0, 0.05) is 30.7 Å². The van der Waals surface area contributed by atoms with Crippen molar-refractivity contribution in [2.75, 3.05) is 18.4 Å². The van der Waals surface area contributed by atoms with Gasteiger partial charge in [-0.3, -0.25) is 0 Å². The molecule has 2 amide bonds. The number of anilines is 1. The summed E-state index contributed by atoms with van der Waals surface area (Å²) in [5.41, 5.74) is 0.474. The Morgan fingerprint density at radius 3 is 2.75 bits per heavy atom. The minimum atomic E-state index is -0.362. The van der Waals surface area contributed by atoms with E-state index in [1.54, 1.807) is 23.4 Å². The first-order chi connectivity index (χ1) is 11.5. The lowest BCUT2D eigenvalue weighted by Crippen LogP contribution is -2.41. The number of nitrogens with zero attached hydrogens (tertiary/aromatic N) is 4. The second kappa shape index (κ2) is 6.98. The van der Waals surface area contributed by atoms with E-state index in [4.69, 9.17) is 0 Å². The van der Waals surface area contributed by atoms with Crippen molar-refractivity contribution in [3.05, 3.63) is 42.2 Å². The van der Waals surface area contributed by atoms with Crippen LogP contribution in [0.1, 0.15) is 44.5 Å². The summed E-state index contributed by atoms with van der Waals surface area (Å²) in [4.78, 5) is 14.1. The molecule has 0 bridgehead atoms. The van der Waals surface area contributed by atoms with Crippen LogP contribution in [0.5, 0.6) is 0 Å². The number of piperidine rings is 1. The van der Waals surface area contributed by atoms with Gasteiger partial charge in [-0.2, -0.15) is 0 Å². The smallest absolute Gasteiger partial charge is 0.321 e. The van der Waals surface area contributed by atoms with E-state index in [0.717, 1.165) is 18.7 Å². The molecule has 128 valence electrons. The molecule has 0 spiro atoms. The first-order valence-electron chi connectivity index (χ1n) is 8.25. The van der Waals surface area contributed by atoms with Crippen molar-refractivity contribution in [3.8, 4) is 0 Å². The summed E-state index contributed by atoms with van der Waals surface area (Å²) in [6, 6.07) is 6.06. The lowest BCUT2D eigenvalue weighted by molar-refractivity contribution is 0.192. The molecule has 2 heterocycles. The number of hydrogen-bond donors (Lipinski definition) is 1. The summed E-state index contributed by atoms with van der Waals surface area (Å²) in [6.07, 6.45) is 3.47. The second-order valence-electron chi connectivity index (χ2n) is 6.39. The van der Waals surface area contributed by atoms with Crippen molar-refractivity contribution in [3.63, 3.8) is 0 Å². The number of nitrogens with one attached hydrogen (secondary N) is 1. The van der Waals surface area contributed by atoms with Gasteiger partial charge < -0.3 is 14.8 Å². The first-order valence-corrected chi connectivity index (χ1v) is 8.25. The molecule has 1 fully saturated rings. The topological polar surface area (TPSA) is 63.1 Å². The Labute approximate surface area is 140 Å². The van der Waals surface area contributed by atoms with Crippen molar-refractivity contribution >= 4 is 11.7 Å². The molecule has 0 saturated carbocycles. The van der Waals surface area contributed by atoms with Crippen molar-refractivity contribution in [2.24, 2.45) is 0 Å². The monoisotopic (exact) mass is 331 g/mol. The minimum absolute atomic E-state index is 0.190. The number of urea groups is 1. The van der Waals surface area contributed by atoms with E-state index in [1.807, 2.05) is 0 Å². The maximum atomic E-state index is 13.2. The number of hydrogen-bond acceptors (Lipinski definition) is 3. The molecule has 3 rings (SSSR count). The van der Waals surface area contributed by atoms with E-state index in [0.29, 0.717) is 30.7 Å². The van der Waals surface area contributed by atoms with Crippen LogP contribution in [-0.2, 0) is 0 Å². The molecule has 1 aliphatic heterocycles. The van der Waals surface area contributed by atoms with Gasteiger partial charge in [0.15, 0.2) is 0 Å². The second-order valence-corrected chi connectivity index (χ2v) is 6.39. The molecule has 0 radical (unpaired) electrons. The van der Waals surface area contributed by atoms with Gasteiger partial charge in [0.2, 0.25) is 0 Å². The Morgan fingerprint density at radius 2 is 2.08 bits per heavy atom. The molecule has 1 aromatic carbocycles. The van der Waals surface area contributed by atoms with Crippen molar-refractivity contribution in [2.45, 2.75) is 38.6 Å². The summed E-state index contributed by atoms with van der Waals surface area (Å²) in [7, 11) is 0. The van der Waals surface area contributed by atoms with E-state index in [2.05, 4.69) is 33.9 Å². The summed E-state index contributed by atoms with van der Waals surface area (Å²) in [6.45, 7) is 5.51. The lowest BCUT2D eigenvalue weighted by Gasteiger charge is -2.32. The normalized spacial score (nSPS) is 15.8. The van der Waals surface area contributed by atoms with Gasteiger partial charge in [-0.1, -0.05) is 6.07 Å². The molecule has 0 unspecified atom stereocenters. The van der Waals surface area contributed by atoms with Crippen LogP contribution in [0.25, 0.3) is 0 Å². The Morgan fingerprint density at radius 1 is 1.33 bits per heavy atom. The van der Waals surface area contributed by atoms with Gasteiger partial charge in [-0.05, 0) is 44.9 Å². The molecule has 0 atom stereocenters. The molecule has 7 heteroatoms. The number of benzene rings is 1. The number of amides is 2. The van der Waals surface area contributed by atoms with E-state index in [9.17, 15) is 9.18 Å². The maximum absolute atomic E-state index is 13.2. The molecule has 1 aromatic heterocycles. The molecule has 0 aliphatic carbocycles. The van der Waals surface area contributed by atoms with Crippen LogP contribution in [-0.4, -0.2) is 38.8 Å². The Bertz CT molecular complexity index is 707. The van der Waals surface area contributed by atoms with Gasteiger partial charge in [-0.15, -0.1) is 10.2 Å². The van der Waals surface area contributed by atoms with Crippen LogP contribution < -0.4 is 5.32 Å². The number of likely N-dealkylation sites (tertiary alicyclic amines) is 1. The molecular weight excluding hydrogens is 309 g/mol. The molecule has 24 heavy (non-hydrogen) atoms. The number of rotatable bonds is 3. The molecule has 1 saturated heterocycles. The van der Waals surface area contributed by atoms with Gasteiger partial charge in [0.25, 0.3) is 0 Å². The molecule has 6 nitrogen and oxygen atoms in total. The largest absolute Gasteiger partial charge is 0.324 e. The maximum Gasteiger partial charge on any atom is 0.321 e. The van der Waals surface area contributed by atoms with Gasteiger partial charge in [0.1, 0.15) is 18.0 Å². The highest BCUT2D eigenvalue weighted by Gasteiger charge is 2.27. The minimum Gasteiger partial charge on any atom is -0.324 e. The number of carbonyl (C=O) groups is 1. The summed E-state index contributed by atoms with van der Waals surface area (Å²) >= 11 is 0. The quantitative estimate of drug-likeness (QED) is 0.937. The summed E-state index contributed by atoms with van der Waals surface area (Å²) in [5, 5.41) is 11.0. The van der Waals surface area contributed by atoms with E-state index in [1.165, 1.54) is 12.1 Å². The average molecular weight is 331 g/mol. The highest BCUT2D eigenvalue weighted by Crippen LogP contribution is 2.28. The highest BCUT2D eigenvalue weighted by atomic mass is 19.1. The Balaban J connectivity index is 1.58.